The summed E-state index contributed by atoms with van der Waals surface area (Å²) in [4.78, 5) is 8.89. The average molecular weight is 318 g/mol. The monoisotopic (exact) mass is 318 g/mol. The van der Waals surface area contributed by atoms with E-state index in [2.05, 4.69) is 30.3 Å². The molecular weight excluding hydrogens is 292 g/mol. The van der Waals surface area contributed by atoms with Crippen molar-refractivity contribution in [1.82, 2.24) is 25.3 Å². The molecule has 2 rings (SSSR count). The summed E-state index contributed by atoms with van der Waals surface area (Å²) in [6.07, 6.45) is 4.08. The zero-order chi connectivity index (χ0) is 16.7. The Hall–Kier alpha value is -2.31. The van der Waals surface area contributed by atoms with Crippen LogP contribution in [0.15, 0.2) is 34.0 Å². The SMILES string of the molecule is CCNC(=NCc1noc(C(C)(C)C)n1)NCCn1cccc1. The second-order valence-electron chi connectivity index (χ2n) is 6.31. The maximum Gasteiger partial charge on any atom is 0.232 e. The van der Waals surface area contributed by atoms with Crippen LogP contribution in [-0.2, 0) is 18.5 Å². The Labute approximate surface area is 137 Å². The number of rotatable bonds is 6. The van der Waals surface area contributed by atoms with Gasteiger partial charge in [0.25, 0.3) is 0 Å². The quantitative estimate of drug-likeness (QED) is 0.628. The van der Waals surface area contributed by atoms with Crippen LogP contribution in [0.1, 0.15) is 39.4 Å². The summed E-state index contributed by atoms with van der Waals surface area (Å²) in [5.74, 6) is 1.98. The molecule has 2 aromatic heterocycles. The minimum atomic E-state index is -0.144. The minimum Gasteiger partial charge on any atom is -0.357 e. The fourth-order valence-electron chi connectivity index (χ4n) is 1.94. The van der Waals surface area contributed by atoms with Gasteiger partial charge in [0.2, 0.25) is 5.89 Å². The fourth-order valence-corrected chi connectivity index (χ4v) is 1.94. The molecule has 0 aliphatic heterocycles. The molecule has 0 amide bonds. The number of aromatic nitrogens is 3. The molecule has 0 fully saturated rings. The van der Waals surface area contributed by atoms with Gasteiger partial charge in [-0.15, -0.1) is 0 Å². The van der Waals surface area contributed by atoms with Crippen molar-refractivity contribution >= 4 is 5.96 Å². The van der Waals surface area contributed by atoms with Crippen LogP contribution in [0.2, 0.25) is 0 Å². The van der Waals surface area contributed by atoms with E-state index in [1.807, 2.05) is 52.2 Å². The topological polar surface area (TPSA) is 80.3 Å². The van der Waals surface area contributed by atoms with Gasteiger partial charge in [-0.25, -0.2) is 4.99 Å². The predicted molar refractivity (Wildman–Crippen MR) is 90.2 cm³/mol. The van der Waals surface area contributed by atoms with Gasteiger partial charge in [-0.3, -0.25) is 0 Å². The Morgan fingerprint density at radius 3 is 2.61 bits per heavy atom. The number of aliphatic imine (C=N–C) groups is 1. The van der Waals surface area contributed by atoms with Gasteiger partial charge in [0.15, 0.2) is 11.8 Å². The first-order chi connectivity index (χ1) is 11.0. The molecule has 23 heavy (non-hydrogen) atoms. The van der Waals surface area contributed by atoms with E-state index in [9.17, 15) is 0 Å². The average Bonchev–Trinajstić information content (AvgIpc) is 3.15. The van der Waals surface area contributed by atoms with Gasteiger partial charge in [-0.1, -0.05) is 25.9 Å². The Morgan fingerprint density at radius 1 is 1.26 bits per heavy atom. The standard InChI is InChI=1S/C16H26N6O/c1-5-17-15(18-8-11-22-9-6-7-10-22)19-12-13-20-14(23-21-13)16(2,3)4/h6-7,9-10H,5,8,11-12H2,1-4H3,(H2,17,18,19). The molecule has 7 heteroatoms. The maximum atomic E-state index is 5.28. The molecule has 0 aliphatic carbocycles. The third-order valence-corrected chi connectivity index (χ3v) is 3.16. The summed E-state index contributed by atoms with van der Waals surface area (Å²) < 4.78 is 7.39. The summed E-state index contributed by atoms with van der Waals surface area (Å²) in [5, 5.41) is 10.5. The minimum absolute atomic E-state index is 0.144. The first kappa shape index (κ1) is 17.1. The molecule has 0 saturated heterocycles. The van der Waals surface area contributed by atoms with Crippen molar-refractivity contribution in [2.75, 3.05) is 13.1 Å². The number of hydrogen-bond acceptors (Lipinski definition) is 4. The lowest BCUT2D eigenvalue weighted by atomic mass is 9.97. The molecule has 0 saturated carbocycles. The van der Waals surface area contributed by atoms with E-state index >= 15 is 0 Å². The molecule has 126 valence electrons. The maximum absolute atomic E-state index is 5.28. The molecule has 0 aliphatic rings. The van der Waals surface area contributed by atoms with Crippen molar-refractivity contribution < 1.29 is 4.52 Å². The molecule has 0 spiro atoms. The van der Waals surface area contributed by atoms with Crippen LogP contribution in [0.5, 0.6) is 0 Å². The second kappa shape index (κ2) is 7.80. The van der Waals surface area contributed by atoms with Crippen LogP contribution in [0.3, 0.4) is 0 Å². The van der Waals surface area contributed by atoms with Crippen molar-refractivity contribution in [3.8, 4) is 0 Å². The zero-order valence-electron chi connectivity index (χ0n) is 14.3. The largest absolute Gasteiger partial charge is 0.357 e. The van der Waals surface area contributed by atoms with Crippen molar-refractivity contribution in [2.24, 2.45) is 4.99 Å². The second-order valence-corrected chi connectivity index (χ2v) is 6.31. The summed E-state index contributed by atoms with van der Waals surface area (Å²) in [7, 11) is 0. The van der Waals surface area contributed by atoms with E-state index in [0.717, 1.165) is 25.6 Å². The summed E-state index contributed by atoms with van der Waals surface area (Å²) >= 11 is 0. The van der Waals surface area contributed by atoms with Gasteiger partial charge in [-0.05, 0) is 19.1 Å². The van der Waals surface area contributed by atoms with Gasteiger partial charge in [0, 0.05) is 37.4 Å². The van der Waals surface area contributed by atoms with Gasteiger partial charge in [0.1, 0.15) is 6.54 Å². The lowest BCUT2D eigenvalue weighted by Gasteiger charge is -2.11. The molecular formula is C16H26N6O. The molecule has 0 aromatic carbocycles. The highest BCUT2D eigenvalue weighted by molar-refractivity contribution is 5.79. The summed E-state index contributed by atoms with van der Waals surface area (Å²) in [6.45, 7) is 11.0. The Bertz CT molecular complexity index is 609. The van der Waals surface area contributed by atoms with Crippen LogP contribution in [0.4, 0.5) is 0 Å². The normalized spacial score (nSPS) is 12.4. The molecule has 0 bridgehead atoms. The van der Waals surface area contributed by atoms with Gasteiger partial charge >= 0.3 is 0 Å². The first-order valence-corrected chi connectivity index (χ1v) is 7.95. The number of guanidine groups is 1. The van der Waals surface area contributed by atoms with Crippen molar-refractivity contribution in [3.63, 3.8) is 0 Å². The van der Waals surface area contributed by atoms with Crippen LogP contribution in [0.25, 0.3) is 0 Å². The van der Waals surface area contributed by atoms with Crippen LogP contribution in [0, 0.1) is 0 Å². The van der Waals surface area contributed by atoms with E-state index in [4.69, 9.17) is 4.52 Å². The van der Waals surface area contributed by atoms with Crippen molar-refractivity contribution in [2.45, 2.75) is 46.2 Å². The predicted octanol–water partition coefficient (Wildman–Crippen LogP) is 1.92. The number of hydrogen-bond donors (Lipinski definition) is 2. The van der Waals surface area contributed by atoms with Gasteiger partial charge < -0.3 is 19.7 Å². The molecule has 0 atom stereocenters. The third kappa shape index (κ3) is 5.43. The molecule has 2 aromatic rings. The van der Waals surface area contributed by atoms with Gasteiger partial charge in [0.05, 0.1) is 0 Å². The Kier molecular flexibility index (Phi) is 5.78. The number of nitrogens with one attached hydrogen (secondary N) is 2. The summed E-state index contributed by atoms with van der Waals surface area (Å²) in [6, 6.07) is 4.03. The summed E-state index contributed by atoms with van der Waals surface area (Å²) in [5.41, 5.74) is -0.144. The van der Waals surface area contributed by atoms with Crippen molar-refractivity contribution in [3.05, 3.63) is 36.2 Å². The molecule has 7 nitrogen and oxygen atoms in total. The van der Waals surface area contributed by atoms with Crippen LogP contribution < -0.4 is 10.6 Å². The molecule has 0 unspecified atom stereocenters. The molecule has 2 heterocycles. The van der Waals surface area contributed by atoms with Crippen LogP contribution in [-0.4, -0.2) is 33.8 Å². The third-order valence-electron chi connectivity index (χ3n) is 3.16. The van der Waals surface area contributed by atoms with Crippen LogP contribution >= 0.6 is 0 Å². The van der Waals surface area contributed by atoms with Gasteiger partial charge in [-0.2, -0.15) is 4.98 Å². The van der Waals surface area contributed by atoms with E-state index in [1.54, 1.807) is 0 Å². The highest BCUT2D eigenvalue weighted by atomic mass is 16.5. The zero-order valence-corrected chi connectivity index (χ0v) is 14.3. The fraction of sp³-hybridized carbons (Fsp3) is 0.562. The van der Waals surface area contributed by atoms with E-state index in [1.165, 1.54) is 0 Å². The number of nitrogens with zero attached hydrogens (tertiary/aromatic N) is 4. The lowest BCUT2D eigenvalue weighted by molar-refractivity contribution is 0.318. The smallest absolute Gasteiger partial charge is 0.232 e. The molecule has 0 radical (unpaired) electrons. The molecule has 2 N–H and O–H groups in total. The van der Waals surface area contributed by atoms with Crippen molar-refractivity contribution in [1.29, 1.82) is 0 Å². The highest BCUT2D eigenvalue weighted by Crippen LogP contribution is 2.19. The Balaban J connectivity index is 1.88. The van der Waals surface area contributed by atoms with E-state index < -0.39 is 0 Å². The lowest BCUT2D eigenvalue weighted by Crippen LogP contribution is -2.38. The first-order valence-electron chi connectivity index (χ1n) is 7.95. The highest BCUT2D eigenvalue weighted by Gasteiger charge is 2.21. The van der Waals surface area contributed by atoms with E-state index in [-0.39, 0.29) is 5.41 Å². The van der Waals surface area contributed by atoms with E-state index in [0.29, 0.717) is 18.3 Å². The Morgan fingerprint density at radius 2 is 2.00 bits per heavy atom.